The van der Waals surface area contributed by atoms with Crippen molar-refractivity contribution in [2.45, 2.75) is 26.4 Å². The number of rotatable bonds is 7. The highest BCUT2D eigenvalue weighted by Crippen LogP contribution is 2.23. The molecule has 0 saturated carbocycles. The van der Waals surface area contributed by atoms with Crippen molar-refractivity contribution < 1.29 is 4.79 Å². The molecule has 25 heavy (non-hydrogen) atoms. The SMILES string of the molecule is CC(C)N(Cc1ccccc1-c1ccccn1)C(=O)/C=C/CN(C)C. The van der Waals surface area contributed by atoms with Gasteiger partial charge in [-0.3, -0.25) is 9.78 Å². The molecule has 1 amide bonds. The average molecular weight is 337 g/mol. The third kappa shape index (κ3) is 5.54. The maximum absolute atomic E-state index is 12.6. The van der Waals surface area contributed by atoms with Crippen LogP contribution < -0.4 is 0 Å². The fourth-order valence-corrected chi connectivity index (χ4v) is 2.59. The highest BCUT2D eigenvalue weighted by Gasteiger charge is 2.17. The van der Waals surface area contributed by atoms with E-state index in [1.54, 1.807) is 12.3 Å². The molecule has 0 atom stereocenters. The molecule has 0 spiro atoms. The Balaban J connectivity index is 2.23. The Bertz CT molecular complexity index is 708. The molecule has 0 N–H and O–H groups in total. The van der Waals surface area contributed by atoms with Crippen LogP contribution in [0.4, 0.5) is 0 Å². The number of likely N-dealkylation sites (N-methyl/N-ethyl adjacent to an activating group) is 1. The van der Waals surface area contributed by atoms with Gasteiger partial charge in [-0.05, 0) is 45.6 Å². The zero-order chi connectivity index (χ0) is 18.2. The van der Waals surface area contributed by atoms with Crippen molar-refractivity contribution in [2.75, 3.05) is 20.6 Å². The first kappa shape index (κ1) is 18.9. The van der Waals surface area contributed by atoms with E-state index in [0.717, 1.165) is 23.4 Å². The van der Waals surface area contributed by atoms with Crippen LogP contribution in [0.25, 0.3) is 11.3 Å². The smallest absolute Gasteiger partial charge is 0.246 e. The van der Waals surface area contributed by atoms with Crippen molar-refractivity contribution in [1.29, 1.82) is 0 Å². The van der Waals surface area contributed by atoms with E-state index in [1.807, 2.05) is 74.2 Å². The molecule has 4 heteroatoms. The van der Waals surface area contributed by atoms with E-state index in [2.05, 4.69) is 17.1 Å². The summed E-state index contributed by atoms with van der Waals surface area (Å²) < 4.78 is 0. The Hall–Kier alpha value is -2.46. The molecule has 1 heterocycles. The lowest BCUT2D eigenvalue weighted by Crippen LogP contribution is -2.35. The Morgan fingerprint density at radius 2 is 1.84 bits per heavy atom. The van der Waals surface area contributed by atoms with Crippen molar-refractivity contribution in [3.05, 3.63) is 66.4 Å². The number of carbonyl (C=O) groups excluding carboxylic acids is 1. The molecule has 0 aliphatic carbocycles. The number of pyridine rings is 1. The summed E-state index contributed by atoms with van der Waals surface area (Å²) in [6.45, 7) is 5.40. The van der Waals surface area contributed by atoms with E-state index >= 15 is 0 Å². The summed E-state index contributed by atoms with van der Waals surface area (Å²) in [7, 11) is 3.97. The Kier molecular flexibility index (Phi) is 6.90. The van der Waals surface area contributed by atoms with Crippen molar-refractivity contribution in [2.24, 2.45) is 0 Å². The van der Waals surface area contributed by atoms with Gasteiger partial charge in [-0.2, -0.15) is 0 Å². The standard InChI is InChI=1S/C21H27N3O/c1-17(2)24(21(25)13-9-15-23(3)4)16-18-10-5-6-11-19(18)20-12-7-8-14-22-20/h5-14,17H,15-16H2,1-4H3/b13-9+. The minimum absolute atomic E-state index is 0.0349. The van der Waals surface area contributed by atoms with Gasteiger partial charge in [0, 0.05) is 37.0 Å². The quantitative estimate of drug-likeness (QED) is 0.724. The normalized spacial score (nSPS) is 11.4. The largest absolute Gasteiger partial charge is 0.332 e. The lowest BCUT2D eigenvalue weighted by Gasteiger charge is -2.26. The van der Waals surface area contributed by atoms with Gasteiger partial charge in [0.15, 0.2) is 0 Å². The van der Waals surface area contributed by atoms with Gasteiger partial charge in [0.05, 0.1) is 5.69 Å². The molecule has 0 saturated heterocycles. The molecule has 2 rings (SSSR count). The van der Waals surface area contributed by atoms with Crippen molar-refractivity contribution in [1.82, 2.24) is 14.8 Å². The molecule has 4 nitrogen and oxygen atoms in total. The van der Waals surface area contributed by atoms with Crippen LogP contribution in [0, 0.1) is 0 Å². The van der Waals surface area contributed by atoms with E-state index in [9.17, 15) is 4.79 Å². The minimum atomic E-state index is 0.0349. The maximum atomic E-state index is 12.6. The molecule has 0 unspecified atom stereocenters. The molecule has 1 aromatic heterocycles. The van der Waals surface area contributed by atoms with Crippen molar-refractivity contribution in [3.8, 4) is 11.3 Å². The van der Waals surface area contributed by atoms with Crippen molar-refractivity contribution >= 4 is 5.91 Å². The maximum Gasteiger partial charge on any atom is 0.246 e. The Labute approximate surface area is 150 Å². The summed E-state index contributed by atoms with van der Waals surface area (Å²) in [6, 6.07) is 14.1. The molecule has 2 aromatic rings. The highest BCUT2D eigenvalue weighted by atomic mass is 16.2. The third-order valence-electron chi connectivity index (χ3n) is 3.94. The van der Waals surface area contributed by atoms with Crippen LogP contribution in [0.3, 0.4) is 0 Å². The topological polar surface area (TPSA) is 36.4 Å². The predicted molar refractivity (Wildman–Crippen MR) is 103 cm³/mol. The average Bonchev–Trinajstić information content (AvgIpc) is 2.60. The second-order valence-electron chi connectivity index (χ2n) is 6.60. The zero-order valence-corrected chi connectivity index (χ0v) is 15.5. The molecule has 0 aliphatic rings. The van der Waals surface area contributed by atoms with Crippen LogP contribution in [-0.2, 0) is 11.3 Å². The van der Waals surface area contributed by atoms with E-state index < -0.39 is 0 Å². The van der Waals surface area contributed by atoms with Gasteiger partial charge in [0.25, 0.3) is 0 Å². The molecular formula is C21H27N3O. The van der Waals surface area contributed by atoms with Crippen LogP contribution in [-0.4, -0.2) is 47.4 Å². The highest BCUT2D eigenvalue weighted by molar-refractivity contribution is 5.88. The van der Waals surface area contributed by atoms with Crippen LogP contribution in [0.15, 0.2) is 60.8 Å². The number of nitrogens with zero attached hydrogens (tertiary/aromatic N) is 3. The van der Waals surface area contributed by atoms with Gasteiger partial charge < -0.3 is 9.80 Å². The molecule has 0 aliphatic heterocycles. The lowest BCUT2D eigenvalue weighted by atomic mass is 10.0. The van der Waals surface area contributed by atoms with Gasteiger partial charge in [0.2, 0.25) is 5.91 Å². The second-order valence-corrected chi connectivity index (χ2v) is 6.60. The lowest BCUT2D eigenvalue weighted by molar-refractivity contribution is -0.128. The van der Waals surface area contributed by atoms with Crippen LogP contribution >= 0.6 is 0 Å². The number of hydrogen-bond acceptors (Lipinski definition) is 3. The van der Waals surface area contributed by atoms with E-state index in [1.165, 1.54) is 0 Å². The van der Waals surface area contributed by atoms with Gasteiger partial charge in [-0.1, -0.05) is 36.4 Å². The number of benzene rings is 1. The number of carbonyl (C=O) groups is 1. The zero-order valence-electron chi connectivity index (χ0n) is 15.5. The molecule has 0 fully saturated rings. The summed E-state index contributed by atoms with van der Waals surface area (Å²) in [5.74, 6) is 0.0349. The summed E-state index contributed by atoms with van der Waals surface area (Å²) in [5.41, 5.74) is 3.10. The Morgan fingerprint density at radius 1 is 1.12 bits per heavy atom. The van der Waals surface area contributed by atoms with Gasteiger partial charge in [-0.25, -0.2) is 0 Å². The third-order valence-corrected chi connectivity index (χ3v) is 3.94. The fourth-order valence-electron chi connectivity index (χ4n) is 2.59. The number of aromatic nitrogens is 1. The van der Waals surface area contributed by atoms with E-state index in [0.29, 0.717) is 6.54 Å². The summed E-state index contributed by atoms with van der Waals surface area (Å²) in [6.07, 6.45) is 5.37. The molecule has 1 aromatic carbocycles. The van der Waals surface area contributed by atoms with Gasteiger partial charge in [-0.15, -0.1) is 0 Å². The van der Waals surface area contributed by atoms with Gasteiger partial charge >= 0.3 is 0 Å². The minimum Gasteiger partial charge on any atom is -0.332 e. The monoisotopic (exact) mass is 337 g/mol. The van der Waals surface area contributed by atoms with E-state index in [-0.39, 0.29) is 11.9 Å². The summed E-state index contributed by atoms with van der Waals surface area (Å²) >= 11 is 0. The second kappa shape index (κ2) is 9.14. The first-order valence-electron chi connectivity index (χ1n) is 8.60. The van der Waals surface area contributed by atoms with Crippen LogP contribution in [0.2, 0.25) is 0 Å². The molecule has 132 valence electrons. The number of amides is 1. The predicted octanol–water partition coefficient (Wildman–Crippen LogP) is 3.60. The molecule has 0 bridgehead atoms. The Morgan fingerprint density at radius 3 is 2.48 bits per heavy atom. The molecular weight excluding hydrogens is 310 g/mol. The van der Waals surface area contributed by atoms with Crippen LogP contribution in [0.1, 0.15) is 19.4 Å². The fraction of sp³-hybridized carbons (Fsp3) is 0.333. The first-order chi connectivity index (χ1) is 12.0. The van der Waals surface area contributed by atoms with Gasteiger partial charge in [0.1, 0.15) is 0 Å². The van der Waals surface area contributed by atoms with Crippen molar-refractivity contribution in [3.63, 3.8) is 0 Å². The summed E-state index contributed by atoms with van der Waals surface area (Å²) in [4.78, 5) is 21.0. The summed E-state index contributed by atoms with van der Waals surface area (Å²) in [5, 5.41) is 0. The van der Waals surface area contributed by atoms with Crippen LogP contribution in [0.5, 0.6) is 0 Å². The first-order valence-corrected chi connectivity index (χ1v) is 8.60. The number of hydrogen-bond donors (Lipinski definition) is 0. The molecule has 0 radical (unpaired) electrons. The van der Waals surface area contributed by atoms with E-state index in [4.69, 9.17) is 0 Å².